The Bertz CT molecular complexity index is 940. The molecule has 1 amide bonds. The van der Waals surface area contributed by atoms with Gasteiger partial charge in [0.15, 0.2) is 0 Å². The molecule has 3 rings (SSSR count). The third-order valence-corrected chi connectivity index (χ3v) is 4.00. The number of carbonyl (C=O) groups is 1. The maximum atomic E-state index is 12.3. The molecule has 0 saturated carbocycles. The number of nitrogens with one attached hydrogen (secondary N) is 1. The van der Waals surface area contributed by atoms with Crippen molar-refractivity contribution in [2.75, 3.05) is 0 Å². The molecule has 5 nitrogen and oxygen atoms in total. The molecule has 3 aromatic carbocycles. The number of rotatable bonds is 4. The van der Waals surface area contributed by atoms with Gasteiger partial charge in [-0.2, -0.15) is 0 Å². The van der Waals surface area contributed by atoms with Crippen LogP contribution in [0.25, 0.3) is 10.8 Å². The largest absolute Gasteiger partial charge is 0.348 e. The van der Waals surface area contributed by atoms with Crippen molar-refractivity contribution in [3.05, 3.63) is 86.9 Å². The van der Waals surface area contributed by atoms with E-state index in [1.54, 1.807) is 0 Å². The quantitative estimate of drug-likeness (QED) is 0.567. The minimum atomic E-state index is -0.559. The minimum Gasteiger partial charge on any atom is -0.348 e. The van der Waals surface area contributed by atoms with Crippen LogP contribution < -0.4 is 5.32 Å². The third-order valence-electron chi connectivity index (χ3n) is 3.67. The van der Waals surface area contributed by atoms with Gasteiger partial charge in [0.1, 0.15) is 0 Å². The van der Waals surface area contributed by atoms with Crippen LogP contribution in [0.4, 0.5) is 5.69 Å². The van der Waals surface area contributed by atoms with Crippen LogP contribution in [0.5, 0.6) is 0 Å². The summed E-state index contributed by atoms with van der Waals surface area (Å²) in [5.41, 5.74) is 0.852. The second-order valence-electron chi connectivity index (χ2n) is 5.29. The molecule has 0 spiro atoms. The van der Waals surface area contributed by atoms with Crippen LogP contribution in [0.3, 0.4) is 0 Å². The first-order valence-electron chi connectivity index (χ1n) is 7.24. The number of amides is 1. The number of carbonyl (C=O) groups excluding carboxylic acids is 1. The maximum Gasteiger partial charge on any atom is 0.270 e. The lowest BCUT2D eigenvalue weighted by atomic mass is 10.1. The van der Waals surface area contributed by atoms with Crippen molar-refractivity contribution in [1.82, 2.24) is 5.32 Å². The van der Waals surface area contributed by atoms with Crippen LogP contribution in [0.15, 0.2) is 60.7 Å². The van der Waals surface area contributed by atoms with E-state index in [-0.39, 0.29) is 16.3 Å². The van der Waals surface area contributed by atoms with E-state index in [0.29, 0.717) is 6.54 Å². The molecule has 0 bridgehead atoms. The van der Waals surface area contributed by atoms with Gasteiger partial charge in [0.2, 0.25) is 0 Å². The number of non-ortho nitro benzene ring substituents is 1. The Morgan fingerprint density at radius 2 is 1.79 bits per heavy atom. The summed E-state index contributed by atoms with van der Waals surface area (Å²) in [6, 6.07) is 17.6. The van der Waals surface area contributed by atoms with Crippen molar-refractivity contribution >= 4 is 34.0 Å². The lowest BCUT2D eigenvalue weighted by Crippen LogP contribution is -2.23. The summed E-state index contributed by atoms with van der Waals surface area (Å²) in [7, 11) is 0. The molecule has 0 atom stereocenters. The van der Waals surface area contributed by atoms with E-state index < -0.39 is 10.8 Å². The van der Waals surface area contributed by atoms with Gasteiger partial charge in [-0.05, 0) is 28.5 Å². The molecule has 0 aliphatic rings. The maximum absolute atomic E-state index is 12.3. The third kappa shape index (κ3) is 3.36. The SMILES string of the molecule is O=C(NCc1ccc2ccccc2c1)c1cc([N+](=O)[O-])ccc1Cl. The summed E-state index contributed by atoms with van der Waals surface area (Å²) in [5.74, 6) is -0.447. The fraction of sp³-hybridized carbons (Fsp3) is 0.0556. The van der Waals surface area contributed by atoms with Gasteiger partial charge in [0.05, 0.1) is 15.5 Å². The van der Waals surface area contributed by atoms with Gasteiger partial charge in [-0.15, -0.1) is 0 Å². The van der Waals surface area contributed by atoms with Crippen LogP contribution in [0.1, 0.15) is 15.9 Å². The molecular weight excluding hydrogens is 328 g/mol. The highest BCUT2D eigenvalue weighted by Crippen LogP contribution is 2.22. The highest BCUT2D eigenvalue weighted by molar-refractivity contribution is 6.33. The average Bonchev–Trinajstić information content (AvgIpc) is 2.59. The molecular formula is C18H13ClN2O3. The van der Waals surface area contributed by atoms with E-state index in [4.69, 9.17) is 11.6 Å². The number of hydrogen-bond donors (Lipinski definition) is 1. The van der Waals surface area contributed by atoms with Crippen LogP contribution in [-0.2, 0) is 6.54 Å². The molecule has 0 heterocycles. The second kappa shape index (κ2) is 6.68. The molecule has 6 heteroatoms. The number of nitro groups is 1. The second-order valence-corrected chi connectivity index (χ2v) is 5.69. The van der Waals surface area contributed by atoms with E-state index in [9.17, 15) is 14.9 Å². The van der Waals surface area contributed by atoms with E-state index in [2.05, 4.69) is 5.32 Å². The van der Waals surface area contributed by atoms with E-state index in [1.165, 1.54) is 18.2 Å². The fourth-order valence-electron chi connectivity index (χ4n) is 2.43. The van der Waals surface area contributed by atoms with E-state index in [0.717, 1.165) is 16.3 Å². The highest BCUT2D eigenvalue weighted by Gasteiger charge is 2.15. The van der Waals surface area contributed by atoms with Gasteiger partial charge in [-0.25, -0.2) is 0 Å². The monoisotopic (exact) mass is 340 g/mol. The molecule has 24 heavy (non-hydrogen) atoms. The van der Waals surface area contributed by atoms with Crippen molar-refractivity contribution in [1.29, 1.82) is 0 Å². The Morgan fingerprint density at radius 1 is 1.04 bits per heavy atom. The molecule has 1 N–H and O–H groups in total. The first kappa shape index (κ1) is 16.0. The number of benzene rings is 3. The molecule has 0 aliphatic carbocycles. The summed E-state index contributed by atoms with van der Waals surface area (Å²) < 4.78 is 0. The van der Waals surface area contributed by atoms with Gasteiger partial charge in [0, 0.05) is 18.7 Å². The Balaban J connectivity index is 1.77. The van der Waals surface area contributed by atoms with E-state index >= 15 is 0 Å². The standard InChI is InChI=1S/C18H13ClN2O3/c19-17-8-7-15(21(23)24)10-16(17)18(22)20-11-12-5-6-13-3-1-2-4-14(13)9-12/h1-10H,11H2,(H,20,22). The number of halogens is 1. The van der Waals surface area contributed by atoms with Gasteiger partial charge in [-0.1, -0.05) is 48.0 Å². The smallest absolute Gasteiger partial charge is 0.270 e. The van der Waals surface area contributed by atoms with E-state index in [1.807, 2.05) is 42.5 Å². The first-order valence-corrected chi connectivity index (χ1v) is 7.62. The molecule has 3 aromatic rings. The summed E-state index contributed by atoms with van der Waals surface area (Å²) in [5, 5.41) is 15.9. The summed E-state index contributed by atoms with van der Waals surface area (Å²) in [4.78, 5) is 22.5. The first-order chi connectivity index (χ1) is 11.5. The van der Waals surface area contributed by atoms with Crippen molar-refractivity contribution < 1.29 is 9.72 Å². The van der Waals surface area contributed by atoms with Crippen LogP contribution in [-0.4, -0.2) is 10.8 Å². The van der Waals surface area contributed by atoms with Gasteiger partial charge in [-0.3, -0.25) is 14.9 Å². The molecule has 0 aliphatic heterocycles. The van der Waals surface area contributed by atoms with Crippen molar-refractivity contribution in [2.45, 2.75) is 6.54 Å². The zero-order valence-corrected chi connectivity index (χ0v) is 13.3. The normalized spacial score (nSPS) is 10.5. The van der Waals surface area contributed by atoms with Crippen molar-refractivity contribution in [2.24, 2.45) is 0 Å². The lowest BCUT2D eigenvalue weighted by molar-refractivity contribution is -0.384. The van der Waals surface area contributed by atoms with Crippen molar-refractivity contribution in [3.63, 3.8) is 0 Å². The van der Waals surface area contributed by atoms with Crippen LogP contribution in [0, 0.1) is 10.1 Å². The predicted octanol–water partition coefficient (Wildman–Crippen LogP) is 4.33. The number of hydrogen-bond acceptors (Lipinski definition) is 3. The average molecular weight is 341 g/mol. The Labute approximate surface area is 143 Å². The Kier molecular flexibility index (Phi) is 4.44. The van der Waals surface area contributed by atoms with Crippen molar-refractivity contribution in [3.8, 4) is 0 Å². The van der Waals surface area contributed by atoms with Gasteiger partial charge < -0.3 is 5.32 Å². The lowest BCUT2D eigenvalue weighted by Gasteiger charge is -2.08. The Hall–Kier alpha value is -2.92. The number of fused-ring (bicyclic) bond motifs is 1. The summed E-state index contributed by atoms with van der Waals surface area (Å²) in [6.45, 7) is 0.308. The van der Waals surface area contributed by atoms with Gasteiger partial charge >= 0.3 is 0 Å². The molecule has 120 valence electrons. The molecule has 0 saturated heterocycles. The zero-order chi connectivity index (χ0) is 17.1. The minimum absolute atomic E-state index is 0.0895. The zero-order valence-electron chi connectivity index (χ0n) is 12.5. The summed E-state index contributed by atoms with van der Waals surface area (Å²) in [6.07, 6.45) is 0. The van der Waals surface area contributed by atoms with Crippen LogP contribution >= 0.6 is 11.6 Å². The molecule has 0 aromatic heterocycles. The summed E-state index contributed by atoms with van der Waals surface area (Å²) >= 11 is 5.97. The number of nitrogens with zero attached hydrogens (tertiary/aromatic N) is 1. The molecule has 0 unspecified atom stereocenters. The Morgan fingerprint density at radius 3 is 2.54 bits per heavy atom. The molecule has 0 radical (unpaired) electrons. The predicted molar refractivity (Wildman–Crippen MR) is 93.2 cm³/mol. The van der Waals surface area contributed by atoms with Crippen LogP contribution in [0.2, 0.25) is 5.02 Å². The highest BCUT2D eigenvalue weighted by atomic mass is 35.5. The molecule has 0 fully saturated rings. The number of nitro benzene ring substituents is 1. The van der Waals surface area contributed by atoms with Gasteiger partial charge in [0.25, 0.3) is 11.6 Å². The topological polar surface area (TPSA) is 72.2 Å². The fourth-order valence-corrected chi connectivity index (χ4v) is 2.63.